The molecule has 6 nitrogen and oxygen atoms in total. The molecule has 118 valence electrons. The second kappa shape index (κ2) is 4.94. The number of hydrogen-bond acceptors (Lipinski definition) is 4. The van der Waals surface area contributed by atoms with Gasteiger partial charge in [0.2, 0.25) is 0 Å². The van der Waals surface area contributed by atoms with Crippen molar-refractivity contribution in [2.45, 2.75) is 31.7 Å². The Balaban J connectivity index is 1.57. The molecule has 0 unspecified atom stereocenters. The third-order valence-electron chi connectivity index (χ3n) is 4.66. The summed E-state index contributed by atoms with van der Waals surface area (Å²) >= 11 is 0. The third kappa shape index (κ3) is 2.69. The smallest absolute Gasteiger partial charge is 0.256 e. The summed E-state index contributed by atoms with van der Waals surface area (Å²) in [6.07, 6.45) is 9.93. The summed E-state index contributed by atoms with van der Waals surface area (Å²) in [4.78, 5) is 14.4. The summed E-state index contributed by atoms with van der Waals surface area (Å²) in [5.74, 6) is 1.25. The second-order valence-corrected chi connectivity index (χ2v) is 8.24. The summed E-state index contributed by atoms with van der Waals surface area (Å²) in [6.45, 7) is 0.344. The molecule has 4 rings (SSSR count). The number of sulfonamides is 1. The van der Waals surface area contributed by atoms with Crippen molar-refractivity contribution in [2.24, 2.45) is 16.2 Å². The van der Waals surface area contributed by atoms with Gasteiger partial charge in [-0.15, -0.1) is 4.40 Å². The minimum Gasteiger partial charge on any atom is -0.349 e. The Hall–Kier alpha value is -1.63. The minimum atomic E-state index is -3.46. The first-order chi connectivity index (χ1) is 10.5. The highest BCUT2D eigenvalue weighted by Gasteiger charge is 2.43. The fourth-order valence-electron chi connectivity index (χ4n) is 3.15. The maximum atomic E-state index is 12.6. The van der Waals surface area contributed by atoms with Crippen molar-refractivity contribution in [1.29, 1.82) is 0 Å². The van der Waals surface area contributed by atoms with Crippen LogP contribution in [0.25, 0.3) is 0 Å². The topological polar surface area (TPSA) is 78.8 Å². The highest BCUT2D eigenvalue weighted by atomic mass is 32.2. The molecule has 2 aliphatic heterocycles. The van der Waals surface area contributed by atoms with Crippen LogP contribution in [0.1, 0.15) is 25.7 Å². The van der Waals surface area contributed by atoms with Crippen LogP contribution < -0.4 is 5.32 Å². The molecule has 0 bridgehead atoms. The second-order valence-electron chi connectivity index (χ2n) is 6.49. The number of nitrogens with one attached hydrogen (secondary N) is 1. The van der Waals surface area contributed by atoms with E-state index in [1.54, 1.807) is 23.3 Å². The van der Waals surface area contributed by atoms with Gasteiger partial charge in [0, 0.05) is 18.8 Å². The van der Waals surface area contributed by atoms with Gasteiger partial charge in [0.15, 0.2) is 5.84 Å². The van der Waals surface area contributed by atoms with Crippen molar-refractivity contribution < 1.29 is 13.2 Å². The Morgan fingerprint density at radius 2 is 1.95 bits per heavy atom. The van der Waals surface area contributed by atoms with Gasteiger partial charge in [0.05, 0.1) is 11.3 Å². The van der Waals surface area contributed by atoms with E-state index in [1.807, 2.05) is 0 Å². The number of amidine groups is 1. The molecule has 0 atom stereocenters. The molecular formula is C15H19N3O3S. The van der Waals surface area contributed by atoms with Crippen LogP contribution in [-0.2, 0) is 14.8 Å². The van der Waals surface area contributed by atoms with Gasteiger partial charge in [0.25, 0.3) is 15.9 Å². The maximum Gasteiger partial charge on any atom is 0.256 e. The first-order valence-electron chi connectivity index (χ1n) is 7.82. The molecule has 4 aliphatic rings. The molecular weight excluding hydrogens is 302 g/mol. The van der Waals surface area contributed by atoms with Gasteiger partial charge in [0.1, 0.15) is 0 Å². The average molecular weight is 321 g/mol. The third-order valence-corrected chi connectivity index (χ3v) is 5.81. The number of nitrogens with zero attached hydrogens (tertiary/aromatic N) is 2. The lowest BCUT2D eigenvalue weighted by atomic mass is 10.1. The Morgan fingerprint density at radius 3 is 2.59 bits per heavy atom. The number of allylic oxidation sites excluding steroid dienone is 2. The monoisotopic (exact) mass is 321 g/mol. The normalized spacial score (nSPS) is 26.3. The van der Waals surface area contributed by atoms with Gasteiger partial charge in [-0.2, -0.15) is 0 Å². The van der Waals surface area contributed by atoms with Gasteiger partial charge < -0.3 is 10.2 Å². The van der Waals surface area contributed by atoms with Crippen molar-refractivity contribution in [1.82, 2.24) is 10.2 Å². The van der Waals surface area contributed by atoms with Crippen LogP contribution in [-0.4, -0.2) is 43.4 Å². The average Bonchev–Trinajstić information content (AvgIpc) is 3.36. The van der Waals surface area contributed by atoms with Crippen molar-refractivity contribution in [3.8, 4) is 0 Å². The molecule has 0 spiro atoms. The summed E-state index contributed by atoms with van der Waals surface area (Å²) in [6, 6.07) is 0.244. The van der Waals surface area contributed by atoms with Crippen molar-refractivity contribution in [3.05, 3.63) is 23.9 Å². The molecule has 0 aromatic rings. The molecule has 0 saturated heterocycles. The lowest BCUT2D eigenvalue weighted by molar-refractivity contribution is -0.118. The molecule has 2 saturated carbocycles. The molecule has 0 aromatic carbocycles. The molecule has 2 heterocycles. The van der Waals surface area contributed by atoms with E-state index in [0.717, 1.165) is 0 Å². The van der Waals surface area contributed by atoms with E-state index >= 15 is 0 Å². The number of rotatable bonds is 4. The lowest BCUT2D eigenvalue weighted by Gasteiger charge is -2.29. The van der Waals surface area contributed by atoms with Crippen LogP contribution >= 0.6 is 0 Å². The fraction of sp³-hybridized carbons (Fsp3) is 0.600. The SMILES string of the molecule is O=C(NC(C1CC1)C1CC1)C1=CC=CN2CCS(=O)(=O)N=C12. The van der Waals surface area contributed by atoms with Gasteiger partial charge in [-0.3, -0.25) is 4.79 Å². The lowest BCUT2D eigenvalue weighted by Crippen LogP contribution is -2.45. The first kappa shape index (κ1) is 14.0. The number of hydrogen-bond donors (Lipinski definition) is 1. The maximum absolute atomic E-state index is 12.6. The number of fused-ring (bicyclic) bond motifs is 1. The van der Waals surface area contributed by atoms with Crippen LogP contribution in [0.4, 0.5) is 0 Å². The Kier molecular flexibility index (Phi) is 3.14. The van der Waals surface area contributed by atoms with E-state index in [9.17, 15) is 13.2 Å². The van der Waals surface area contributed by atoms with E-state index in [-0.39, 0.29) is 23.5 Å². The largest absolute Gasteiger partial charge is 0.349 e. The molecule has 2 aliphatic carbocycles. The minimum absolute atomic E-state index is 0.0114. The Labute approximate surface area is 130 Å². The highest BCUT2D eigenvalue weighted by Crippen LogP contribution is 2.44. The Morgan fingerprint density at radius 1 is 1.27 bits per heavy atom. The van der Waals surface area contributed by atoms with Crippen LogP contribution in [0.2, 0.25) is 0 Å². The van der Waals surface area contributed by atoms with Crippen LogP contribution in [0, 0.1) is 11.8 Å². The molecule has 0 radical (unpaired) electrons. The van der Waals surface area contributed by atoms with Crippen molar-refractivity contribution in [2.75, 3.05) is 12.3 Å². The standard InChI is InChI=1S/C15H19N3O3S/c19-15(16-13(10-3-4-10)11-5-6-11)12-2-1-7-18-8-9-22(20,21)17-14(12)18/h1-2,7,10-11,13H,3-6,8-9H2,(H,16,19). The Bertz CT molecular complexity index is 688. The van der Waals surface area contributed by atoms with E-state index in [0.29, 0.717) is 24.0 Å². The van der Waals surface area contributed by atoms with E-state index in [4.69, 9.17) is 0 Å². The summed E-state index contributed by atoms with van der Waals surface area (Å²) < 4.78 is 27.3. The zero-order chi connectivity index (χ0) is 15.3. The highest BCUT2D eigenvalue weighted by molar-refractivity contribution is 7.90. The zero-order valence-corrected chi connectivity index (χ0v) is 13.1. The molecule has 7 heteroatoms. The summed E-state index contributed by atoms with van der Waals surface area (Å²) in [5.41, 5.74) is 0.358. The van der Waals surface area contributed by atoms with Crippen molar-refractivity contribution in [3.63, 3.8) is 0 Å². The first-order valence-corrected chi connectivity index (χ1v) is 9.43. The van der Waals surface area contributed by atoms with Crippen LogP contribution in [0.5, 0.6) is 0 Å². The predicted octanol–water partition coefficient (Wildman–Crippen LogP) is 0.789. The van der Waals surface area contributed by atoms with Gasteiger partial charge in [-0.25, -0.2) is 8.42 Å². The van der Waals surface area contributed by atoms with E-state index in [2.05, 4.69) is 9.71 Å². The molecule has 1 amide bonds. The predicted molar refractivity (Wildman–Crippen MR) is 82.5 cm³/mol. The van der Waals surface area contributed by atoms with Gasteiger partial charge in [-0.1, -0.05) is 0 Å². The molecule has 22 heavy (non-hydrogen) atoms. The summed E-state index contributed by atoms with van der Waals surface area (Å²) in [5, 5.41) is 3.13. The number of amides is 1. The fourth-order valence-corrected chi connectivity index (χ4v) is 4.14. The number of carbonyl (C=O) groups excluding carboxylic acids is 1. The van der Waals surface area contributed by atoms with E-state index in [1.165, 1.54) is 25.7 Å². The molecule has 0 aromatic heterocycles. The summed E-state index contributed by atoms with van der Waals surface area (Å²) in [7, 11) is -3.46. The number of carbonyl (C=O) groups is 1. The molecule has 1 N–H and O–H groups in total. The van der Waals surface area contributed by atoms with Crippen molar-refractivity contribution >= 4 is 21.8 Å². The molecule has 2 fully saturated rings. The van der Waals surface area contributed by atoms with Crippen LogP contribution in [0.15, 0.2) is 28.3 Å². The van der Waals surface area contributed by atoms with E-state index < -0.39 is 10.0 Å². The van der Waals surface area contributed by atoms with Gasteiger partial charge in [-0.05, 0) is 49.7 Å². The van der Waals surface area contributed by atoms with Crippen LogP contribution in [0.3, 0.4) is 0 Å². The van der Waals surface area contributed by atoms with Gasteiger partial charge >= 0.3 is 0 Å². The zero-order valence-electron chi connectivity index (χ0n) is 12.2. The quantitative estimate of drug-likeness (QED) is 0.830.